The summed E-state index contributed by atoms with van der Waals surface area (Å²) in [6.07, 6.45) is 42.3. The highest BCUT2D eigenvalue weighted by molar-refractivity contribution is 7.47. The Hall–Kier alpha value is -3.34. The van der Waals surface area contributed by atoms with Crippen molar-refractivity contribution in [2.45, 2.75) is 135 Å². The van der Waals surface area contributed by atoms with Crippen LogP contribution in [0.4, 0.5) is 0 Å². The van der Waals surface area contributed by atoms with Gasteiger partial charge in [-0.2, -0.15) is 0 Å². The summed E-state index contributed by atoms with van der Waals surface area (Å²) in [7, 11) is -4.73. The van der Waals surface area contributed by atoms with E-state index in [1.54, 1.807) is 0 Å². The van der Waals surface area contributed by atoms with Crippen LogP contribution in [0.1, 0.15) is 123 Å². The number of phosphoric acid groups is 1. The number of rotatable bonds is 34. The van der Waals surface area contributed by atoms with Crippen molar-refractivity contribution in [3.8, 4) is 0 Å². The average Bonchev–Trinajstić information content (AvgIpc) is 3.13. The summed E-state index contributed by atoms with van der Waals surface area (Å²) in [5, 5.41) is 8.86. The van der Waals surface area contributed by atoms with Crippen LogP contribution in [0.15, 0.2) is 85.1 Å². The molecule has 12 heteroatoms. The molecule has 0 radical (unpaired) electrons. The van der Waals surface area contributed by atoms with Gasteiger partial charge < -0.3 is 25.2 Å². The van der Waals surface area contributed by atoms with E-state index in [9.17, 15) is 23.8 Å². The van der Waals surface area contributed by atoms with Crippen LogP contribution in [0.2, 0.25) is 0 Å². The SMILES string of the molecule is CC/C=C/C=C/C=C/C=C/CCCCCC(=O)OC(COC(=O)CCCCCCCC/C=C/C/C=C/C/C=C/CC)COP(=O)(O)OC[C@H](N)C(=O)O. The van der Waals surface area contributed by atoms with E-state index in [4.69, 9.17) is 24.8 Å². The quantitative estimate of drug-likeness (QED) is 0.0187. The zero-order chi connectivity index (χ0) is 39.3. The van der Waals surface area contributed by atoms with Gasteiger partial charge in [-0.3, -0.25) is 23.4 Å². The summed E-state index contributed by atoms with van der Waals surface area (Å²) in [4.78, 5) is 45.8. The fraction of sp³-hybridized carbons (Fsp3) is 0.585. The molecule has 11 nitrogen and oxygen atoms in total. The lowest BCUT2D eigenvalue weighted by molar-refractivity contribution is -0.161. The molecule has 0 fully saturated rings. The summed E-state index contributed by atoms with van der Waals surface area (Å²) in [5.41, 5.74) is 5.31. The van der Waals surface area contributed by atoms with E-state index >= 15 is 0 Å². The van der Waals surface area contributed by atoms with E-state index in [-0.39, 0.29) is 19.4 Å². The first-order chi connectivity index (χ1) is 25.6. The lowest BCUT2D eigenvalue weighted by Crippen LogP contribution is -2.34. The number of hydrogen-bond donors (Lipinski definition) is 3. The second-order valence-electron chi connectivity index (χ2n) is 12.4. The highest BCUT2D eigenvalue weighted by atomic mass is 31.2. The van der Waals surface area contributed by atoms with Gasteiger partial charge in [0.1, 0.15) is 12.6 Å². The molecular weight excluding hydrogens is 697 g/mol. The minimum atomic E-state index is -4.73. The standard InChI is InChI=1S/C41H66NO10P/c1-3-5-7-9-11-13-15-17-18-19-21-22-24-26-28-30-32-39(43)49-34-37(35-50-53(47,48)51-36-38(42)41(45)46)52-40(44)33-31-29-27-25-23-20-16-14-12-10-8-6-4-2/h5-8,10-14,16-18,20,23,37-38H,3-4,9,15,19,21-22,24-36,42H2,1-2H3,(H,45,46)(H,47,48)/b7-5+,8-6+,12-10+,13-11+,16-14+,18-17+,23-20+/t37?,38-/m0/s1. The van der Waals surface area contributed by atoms with Crippen LogP contribution in [0.25, 0.3) is 0 Å². The predicted octanol–water partition coefficient (Wildman–Crippen LogP) is 9.55. The Morgan fingerprint density at radius 2 is 1.09 bits per heavy atom. The van der Waals surface area contributed by atoms with Gasteiger partial charge in [0.2, 0.25) is 0 Å². The highest BCUT2D eigenvalue weighted by Gasteiger charge is 2.28. The fourth-order valence-corrected chi connectivity index (χ4v) is 5.28. The summed E-state index contributed by atoms with van der Waals surface area (Å²) in [5.74, 6) is -2.46. The molecule has 0 aliphatic heterocycles. The number of carbonyl (C=O) groups excluding carboxylic acids is 2. The maximum Gasteiger partial charge on any atom is 0.472 e. The zero-order valence-electron chi connectivity index (χ0n) is 32.1. The van der Waals surface area contributed by atoms with Crippen molar-refractivity contribution in [2.24, 2.45) is 5.73 Å². The van der Waals surface area contributed by atoms with E-state index in [0.29, 0.717) is 12.8 Å². The van der Waals surface area contributed by atoms with Crippen LogP contribution in [0, 0.1) is 0 Å². The molecule has 2 unspecified atom stereocenters. The lowest BCUT2D eigenvalue weighted by atomic mass is 10.1. The van der Waals surface area contributed by atoms with E-state index < -0.39 is 51.1 Å². The molecule has 3 atom stereocenters. The fourth-order valence-electron chi connectivity index (χ4n) is 4.50. The Morgan fingerprint density at radius 1 is 0.604 bits per heavy atom. The van der Waals surface area contributed by atoms with Crippen molar-refractivity contribution >= 4 is 25.7 Å². The Kier molecular flexibility index (Phi) is 33.4. The molecule has 53 heavy (non-hydrogen) atoms. The minimum absolute atomic E-state index is 0.107. The number of allylic oxidation sites excluding steroid dienone is 14. The topological polar surface area (TPSA) is 172 Å². The molecule has 0 heterocycles. The monoisotopic (exact) mass is 763 g/mol. The summed E-state index contributed by atoms with van der Waals surface area (Å²) in [6.45, 7) is 2.46. The Bertz CT molecular complexity index is 1220. The van der Waals surface area contributed by atoms with Gasteiger partial charge in [-0.15, -0.1) is 0 Å². The minimum Gasteiger partial charge on any atom is -0.480 e. The Balaban J connectivity index is 4.53. The highest BCUT2D eigenvalue weighted by Crippen LogP contribution is 2.43. The number of aliphatic carboxylic acids is 1. The summed E-state index contributed by atoms with van der Waals surface area (Å²) < 4.78 is 32.5. The third kappa shape index (κ3) is 35.5. The molecular formula is C41H66NO10P. The largest absolute Gasteiger partial charge is 0.480 e. The van der Waals surface area contributed by atoms with Crippen molar-refractivity contribution in [2.75, 3.05) is 19.8 Å². The molecule has 0 amide bonds. The maximum absolute atomic E-state index is 12.5. The summed E-state index contributed by atoms with van der Waals surface area (Å²) in [6, 6.07) is -1.53. The number of hydrogen-bond acceptors (Lipinski definition) is 9. The first-order valence-electron chi connectivity index (χ1n) is 19.2. The smallest absolute Gasteiger partial charge is 0.472 e. The number of carboxylic acid groups (broad SMARTS) is 1. The van der Waals surface area contributed by atoms with Gasteiger partial charge >= 0.3 is 25.7 Å². The molecule has 0 spiro atoms. The third-order valence-electron chi connectivity index (χ3n) is 7.48. The average molecular weight is 764 g/mol. The maximum atomic E-state index is 12.5. The molecule has 0 rings (SSSR count). The van der Waals surface area contributed by atoms with Crippen molar-refractivity contribution in [1.29, 1.82) is 0 Å². The molecule has 0 aliphatic carbocycles. The van der Waals surface area contributed by atoms with Crippen molar-refractivity contribution in [1.82, 2.24) is 0 Å². The first kappa shape index (κ1) is 49.7. The van der Waals surface area contributed by atoms with Crippen LogP contribution in [-0.2, 0) is 37.5 Å². The molecule has 300 valence electrons. The van der Waals surface area contributed by atoms with Crippen LogP contribution in [-0.4, -0.2) is 59.9 Å². The zero-order valence-corrected chi connectivity index (χ0v) is 33.0. The van der Waals surface area contributed by atoms with Gasteiger partial charge in [-0.25, -0.2) is 4.57 Å². The molecule has 0 aromatic heterocycles. The molecule has 0 aromatic carbocycles. The second kappa shape index (κ2) is 35.7. The number of nitrogens with two attached hydrogens (primary N) is 1. The molecule has 0 saturated heterocycles. The van der Waals surface area contributed by atoms with E-state index in [0.717, 1.165) is 83.5 Å². The number of carboxylic acids is 1. The van der Waals surface area contributed by atoms with E-state index in [1.165, 1.54) is 0 Å². The third-order valence-corrected chi connectivity index (χ3v) is 8.43. The van der Waals surface area contributed by atoms with Gasteiger partial charge in [0.15, 0.2) is 6.10 Å². The van der Waals surface area contributed by atoms with Gasteiger partial charge in [0.25, 0.3) is 0 Å². The van der Waals surface area contributed by atoms with Crippen molar-refractivity contribution in [3.63, 3.8) is 0 Å². The number of ether oxygens (including phenoxy) is 2. The van der Waals surface area contributed by atoms with Crippen molar-refractivity contribution in [3.05, 3.63) is 85.1 Å². The predicted molar refractivity (Wildman–Crippen MR) is 212 cm³/mol. The van der Waals surface area contributed by atoms with E-state index in [1.807, 2.05) is 36.5 Å². The molecule has 0 aliphatic rings. The van der Waals surface area contributed by atoms with Crippen LogP contribution < -0.4 is 5.73 Å². The number of carbonyl (C=O) groups is 3. The Labute approximate surface area is 318 Å². The lowest BCUT2D eigenvalue weighted by Gasteiger charge is -2.20. The summed E-state index contributed by atoms with van der Waals surface area (Å²) >= 11 is 0. The molecule has 0 saturated carbocycles. The van der Waals surface area contributed by atoms with Gasteiger partial charge in [-0.1, -0.05) is 131 Å². The Morgan fingerprint density at radius 3 is 1.74 bits per heavy atom. The molecule has 0 bridgehead atoms. The number of unbranched alkanes of at least 4 members (excludes halogenated alkanes) is 9. The van der Waals surface area contributed by atoms with Gasteiger partial charge in [0, 0.05) is 12.8 Å². The normalized spacial score (nSPS) is 14.8. The number of esters is 2. The van der Waals surface area contributed by atoms with Gasteiger partial charge in [0.05, 0.1) is 13.2 Å². The van der Waals surface area contributed by atoms with Crippen LogP contribution in [0.3, 0.4) is 0 Å². The van der Waals surface area contributed by atoms with E-state index in [2.05, 4.69) is 67.0 Å². The van der Waals surface area contributed by atoms with Crippen LogP contribution >= 0.6 is 7.82 Å². The first-order valence-corrected chi connectivity index (χ1v) is 20.7. The van der Waals surface area contributed by atoms with Crippen LogP contribution in [0.5, 0.6) is 0 Å². The van der Waals surface area contributed by atoms with Crippen molar-refractivity contribution < 1.29 is 47.5 Å². The number of phosphoric ester groups is 1. The molecule has 0 aromatic rings. The second-order valence-corrected chi connectivity index (χ2v) is 13.8. The molecule has 4 N–H and O–H groups in total. The van der Waals surface area contributed by atoms with Gasteiger partial charge in [-0.05, 0) is 64.2 Å².